The molecule has 0 radical (unpaired) electrons. The monoisotopic (exact) mass is 727 g/mol. The lowest BCUT2D eigenvalue weighted by Gasteiger charge is -2.21. The van der Waals surface area contributed by atoms with Crippen LogP contribution in [0.5, 0.6) is 11.5 Å². The number of anilines is 2. The second-order valence-electron chi connectivity index (χ2n) is 16.2. The zero-order chi connectivity index (χ0) is 38.9. The standard InChI is InChI=1S/C42H61N7O4/c1-26(46-33-23-30(52-9)21-28-15-17-35(41(3,4)5)48-38(28)33)13-11-19-44-37(50)25-32(43)40(51)45-20-12-14-27(2)47-34-24-31(53-10)22-29-16-18-36(42(6,7)8)49-39(29)34/h15-18,21-24,26-27,32,46-47H,11-14,19-20,25,43H2,1-10H3,(H,44,50)(H,45,51)/t26?,27?,32-/m0/s1. The molecule has 0 spiro atoms. The number of hydrogen-bond acceptors (Lipinski definition) is 9. The lowest BCUT2D eigenvalue weighted by atomic mass is 9.91. The Bertz CT molecular complexity index is 1860. The molecule has 0 bridgehead atoms. The summed E-state index contributed by atoms with van der Waals surface area (Å²) in [5.41, 5.74) is 11.6. The normalized spacial score (nSPS) is 13.6. The summed E-state index contributed by atoms with van der Waals surface area (Å²) in [6.45, 7) is 18.1. The van der Waals surface area contributed by atoms with Crippen molar-refractivity contribution in [3.05, 3.63) is 59.9 Å². The van der Waals surface area contributed by atoms with Gasteiger partial charge in [0.1, 0.15) is 11.5 Å². The minimum atomic E-state index is -0.913. The topological polar surface area (TPSA) is 153 Å². The molecule has 0 aliphatic heterocycles. The van der Waals surface area contributed by atoms with Crippen LogP contribution < -0.4 is 36.5 Å². The minimum absolute atomic E-state index is 0.0678. The van der Waals surface area contributed by atoms with E-state index in [4.69, 9.17) is 25.2 Å². The zero-order valence-electron chi connectivity index (χ0n) is 33.4. The molecule has 2 aromatic carbocycles. The van der Waals surface area contributed by atoms with Crippen LogP contribution in [-0.4, -0.2) is 67.2 Å². The SMILES string of the molecule is COc1cc(NC(C)CCCNC(=O)C[C@H](N)C(=O)NCCCC(C)Nc2cc(OC)cc3ccc(C(C)(C)C)nc23)c2nc(C(C)(C)C)ccc2c1. The van der Waals surface area contributed by atoms with Gasteiger partial charge in [0, 0.05) is 70.3 Å². The molecular formula is C42H61N7O4. The van der Waals surface area contributed by atoms with Gasteiger partial charge in [0.25, 0.3) is 0 Å². The second-order valence-corrected chi connectivity index (χ2v) is 16.2. The fourth-order valence-electron chi connectivity index (χ4n) is 6.13. The van der Waals surface area contributed by atoms with Gasteiger partial charge in [-0.15, -0.1) is 0 Å². The third kappa shape index (κ3) is 11.7. The van der Waals surface area contributed by atoms with Crippen molar-refractivity contribution in [2.24, 2.45) is 5.73 Å². The fraction of sp³-hybridized carbons (Fsp3) is 0.524. The summed E-state index contributed by atoms with van der Waals surface area (Å²) in [6.07, 6.45) is 3.06. The number of nitrogens with one attached hydrogen (secondary N) is 4. The third-order valence-electron chi connectivity index (χ3n) is 9.34. The number of ether oxygens (including phenoxy) is 2. The third-order valence-corrected chi connectivity index (χ3v) is 9.34. The van der Waals surface area contributed by atoms with Gasteiger partial charge in [-0.2, -0.15) is 0 Å². The molecule has 2 heterocycles. The number of carbonyl (C=O) groups is 2. The number of benzene rings is 2. The van der Waals surface area contributed by atoms with E-state index in [1.807, 2.05) is 24.3 Å². The molecule has 0 aliphatic carbocycles. The Kier molecular flexibility index (Phi) is 13.9. The number of carbonyl (C=O) groups excluding carboxylic acids is 2. The Morgan fingerprint density at radius 3 is 1.55 bits per heavy atom. The minimum Gasteiger partial charge on any atom is -0.497 e. The van der Waals surface area contributed by atoms with Gasteiger partial charge in [-0.3, -0.25) is 19.6 Å². The van der Waals surface area contributed by atoms with Crippen molar-refractivity contribution < 1.29 is 19.1 Å². The smallest absolute Gasteiger partial charge is 0.237 e. The van der Waals surface area contributed by atoms with Crippen LogP contribution in [-0.2, 0) is 20.4 Å². The number of methoxy groups -OCH3 is 2. The Balaban J connectivity index is 1.17. The first-order valence-corrected chi connectivity index (χ1v) is 18.8. The number of nitrogens with zero attached hydrogens (tertiary/aromatic N) is 2. The van der Waals surface area contributed by atoms with Crippen molar-refractivity contribution in [2.45, 2.75) is 116 Å². The van der Waals surface area contributed by atoms with Gasteiger partial charge in [0.15, 0.2) is 0 Å². The summed E-state index contributed by atoms with van der Waals surface area (Å²) >= 11 is 0. The van der Waals surface area contributed by atoms with Gasteiger partial charge in [0.2, 0.25) is 11.8 Å². The Morgan fingerprint density at radius 2 is 1.13 bits per heavy atom. The van der Waals surface area contributed by atoms with E-state index in [-0.39, 0.29) is 41.1 Å². The highest BCUT2D eigenvalue weighted by atomic mass is 16.5. The molecule has 4 aromatic rings. The van der Waals surface area contributed by atoms with Crippen molar-refractivity contribution >= 4 is 45.0 Å². The van der Waals surface area contributed by atoms with Crippen LogP contribution in [0.1, 0.15) is 98.9 Å². The number of fused-ring (bicyclic) bond motifs is 2. The summed E-state index contributed by atoms with van der Waals surface area (Å²) in [4.78, 5) is 35.2. The summed E-state index contributed by atoms with van der Waals surface area (Å²) in [6, 6.07) is 15.6. The van der Waals surface area contributed by atoms with Gasteiger partial charge < -0.3 is 36.5 Å². The molecular weight excluding hydrogens is 667 g/mol. The van der Waals surface area contributed by atoms with E-state index in [0.717, 1.165) is 81.8 Å². The van der Waals surface area contributed by atoms with E-state index in [9.17, 15) is 9.59 Å². The van der Waals surface area contributed by atoms with Gasteiger partial charge in [-0.05, 0) is 63.8 Å². The highest BCUT2D eigenvalue weighted by Crippen LogP contribution is 2.33. The Morgan fingerprint density at radius 1 is 0.698 bits per heavy atom. The summed E-state index contributed by atoms with van der Waals surface area (Å²) in [7, 11) is 3.32. The van der Waals surface area contributed by atoms with Crippen LogP contribution in [0.2, 0.25) is 0 Å². The molecule has 2 aromatic heterocycles. The van der Waals surface area contributed by atoms with Gasteiger partial charge in [-0.25, -0.2) is 0 Å². The van der Waals surface area contributed by atoms with Crippen molar-refractivity contribution in [1.29, 1.82) is 0 Å². The number of aromatic nitrogens is 2. The van der Waals surface area contributed by atoms with E-state index in [1.165, 1.54) is 0 Å². The van der Waals surface area contributed by atoms with Crippen LogP contribution in [0, 0.1) is 0 Å². The van der Waals surface area contributed by atoms with Crippen LogP contribution >= 0.6 is 0 Å². The average Bonchev–Trinajstić information content (AvgIpc) is 3.10. The molecule has 0 aliphatic rings. The van der Waals surface area contributed by atoms with Crippen molar-refractivity contribution in [2.75, 3.05) is 37.9 Å². The molecule has 11 nitrogen and oxygen atoms in total. The first-order chi connectivity index (χ1) is 25.0. The van der Waals surface area contributed by atoms with Gasteiger partial charge >= 0.3 is 0 Å². The summed E-state index contributed by atoms with van der Waals surface area (Å²) in [5, 5.41) is 15.0. The van der Waals surface area contributed by atoms with Crippen LogP contribution in [0.15, 0.2) is 48.5 Å². The first-order valence-electron chi connectivity index (χ1n) is 18.8. The van der Waals surface area contributed by atoms with Gasteiger partial charge in [-0.1, -0.05) is 53.7 Å². The summed E-state index contributed by atoms with van der Waals surface area (Å²) in [5.74, 6) is 0.963. The predicted molar refractivity (Wildman–Crippen MR) is 217 cm³/mol. The van der Waals surface area contributed by atoms with E-state index < -0.39 is 6.04 Å². The molecule has 288 valence electrons. The van der Waals surface area contributed by atoms with Gasteiger partial charge in [0.05, 0.1) is 49.1 Å². The lowest BCUT2D eigenvalue weighted by Crippen LogP contribution is -2.44. The quantitative estimate of drug-likeness (QED) is 0.0711. The molecule has 0 saturated carbocycles. The molecule has 4 rings (SSSR count). The molecule has 11 heteroatoms. The molecule has 2 amide bonds. The first kappa shape index (κ1) is 41.1. The Hall–Kier alpha value is -4.64. The molecule has 6 N–H and O–H groups in total. The Labute approximate surface area is 315 Å². The highest BCUT2D eigenvalue weighted by Gasteiger charge is 2.20. The number of hydrogen-bond donors (Lipinski definition) is 5. The largest absolute Gasteiger partial charge is 0.497 e. The van der Waals surface area contributed by atoms with E-state index >= 15 is 0 Å². The number of rotatable bonds is 17. The van der Waals surface area contributed by atoms with E-state index in [1.54, 1.807) is 14.2 Å². The molecule has 3 atom stereocenters. The predicted octanol–water partition coefficient (Wildman–Crippen LogP) is 7.21. The van der Waals surface area contributed by atoms with Crippen LogP contribution in [0.4, 0.5) is 11.4 Å². The zero-order valence-corrected chi connectivity index (χ0v) is 33.4. The molecule has 0 saturated heterocycles. The van der Waals surface area contributed by atoms with Crippen LogP contribution in [0.3, 0.4) is 0 Å². The number of nitrogens with two attached hydrogens (primary N) is 1. The van der Waals surface area contributed by atoms with Crippen molar-refractivity contribution in [3.8, 4) is 11.5 Å². The maximum atomic E-state index is 12.7. The average molecular weight is 728 g/mol. The lowest BCUT2D eigenvalue weighted by molar-refractivity contribution is -0.127. The second kappa shape index (κ2) is 17.9. The number of amides is 2. The fourth-order valence-corrected chi connectivity index (χ4v) is 6.13. The van der Waals surface area contributed by atoms with E-state index in [0.29, 0.717) is 13.1 Å². The van der Waals surface area contributed by atoms with E-state index in [2.05, 4.69) is 101 Å². The molecule has 53 heavy (non-hydrogen) atoms. The summed E-state index contributed by atoms with van der Waals surface area (Å²) < 4.78 is 11.1. The van der Waals surface area contributed by atoms with Crippen molar-refractivity contribution in [1.82, 2.24) is 20.6 Å². The molecule has 0 fully saturated rings. The number of pyridine rings is 2. The maximum absolute atomic E-state index is 12.7. The van der Waals surface area contributed by atoms with Crippen molar-refractivity contribution in [3.63, 3.8) is 0 Å². The molecule has 2 unspecified atom stereocenters. The maximum Gasteiger partial charge on any atom is 0.237 e. The van der Waals surface area contributed by atoms with Crippen LogP contribution in [0.25, 0.3) is 21.8 Å². The highest BCUT2D eigenvalue weighted by molar-refractivity contribution is 5.93.